The van der Waals surface area contributed by atoms with Gasteiger partial charge in [0.2, 0.25) is 0 Å². The molecule has 0 amide bonds. The lowest BCUT2D eigenvalue weighted by Gasteiger charge is -2.11. The van der Waals surface area contributed by atoms with Gasteiger partial charge in [-0.2, -0.15) is 0 Å². The molecule has 0 saturated carbocycles. The maximum atomic E-state index is 5.93. The Kier molecular flexibility index (Phi) is 5.56. The van der Waals surface area contributed by atoms with Gasteiger partial charge in [-0.1, -0.05) is 32.9 Å². The molecule has 1 heterocycles. The van der Waals surface area contributed by atoms with Gasteiger partial charge in [-0.25, -0.2) is 0 Å². The molecular weight excluding hydrogens is 288 g/mol. The van der Waals surface area contributed by atoms with Crippen LogP contribution in [0.2, 0.25) is 0 Å². The lowest BCUT2D eigenvalue weighted by Crippen LogP contribution is -1.99. The molecule has 3 heteroatoms. The Labute approximate surface area is 137 Å². The van der Waals surface area contributed by atoms with Crippen LogP contribution in [-0.4, -0.2) is 5.71 Å². The van der Waals surface area contributed by atoms with Gasteiger partial charge < -0.3 is 5.73 Å². The second kappa shape index (κ2) is 7.41. The number of anilines is 1. The SMILES string of the molecule is C=C(CCC)c1cc(CC)cc(/C(C)=N/c2cscc2N)c1. The van der Waals surface area contributed by atoms with Crippen molar-refractivity contribution in [3.05, 3.63) is 52.2 Å². The summed E-state index contributed by atoms with van der Waals surface area (Å²) in [5.41, 5.74) is 13.4. The maximum absolute atomic E-state index is 5.93. The highest BCUT2D eigenvalue weighted by atomic mass is 32.1. The molecular formula is C19H24N2S. The summed E-state index contributed by atoms with van der Waals surface area (Å²) in [5, 5.41) is 3.91. The number of aryl methyl sites for hydroxylation is 1. The minimum atomic E-state index is 0.742. The average Bonchev–Trinajstić information content (AvgIpc) is 2.92. The van der Waals surface area contributed by atoms with Crippen LogP contribution in [-0.2, 0) is 6.42 Å². The predicted octanol–water partition coefficient (Wildman–Crippen LogP) is 5.85. The molecule has 2 N–H and O–H groups in total. The van der Waals surface area contributed by atoms with Gasteiger partial charge in [0.25, 0.3) is 0 Å². The second-order valence-electron chi connectivity index (χ2n) is 5.54. The van der Waals surface area contributed by atoms with Gasteiger partial charge in [0.05, 0.1) is 11.4 Å². The number of rotatable bonds is 6. The number of allylic oxidation sites excluding steroid dienone is 1. The molecule has 116 valence electrons. The Morgan fingerprint density at radius 2 is 1.91 bits per heavy atom. The Morgan fingerprint density at radius 1 is 1.18 bits per heavy atom. The third-order valence-electron chi connectivity index (χ3n) is 3.74. The number of hydrogen-bond donors (Lipinski definition) is 1. The van der Waals surface area contributed by atoms with Gasteiger partial charge >= 0.3 is 0 Å². The van der Waals surface area contributed by atoms with Crippen molar-refractivity contribution in [2.75, 3.05) is 5.73 Å². The van der Waals surface area contributed by atoms with Crippen LogP contribution >= 0.6 is 11.3 Å². The summed E-state index contributed by atoms with van der Waals surface area (Å²) in [6.07, 6.45) is 3.15. The van der Waals surface area contributed by atoms with E-state index in [1.807, 2.05) is 17.7 Å². The fourth-order valence-electron chi connectivity index (χ4n) is 2.39. The van der Waals surface area contributed by atoms with Gasteiger partial charge in [-0.3, -0.25) is 4.99 Å². The van der Waals surface area contributed by atoms with E-state index in [9.17, 15) is 0 Å². The van der Waals surface area contributed by atoms with Crippen molar-refractivity contribution in [2.45, 2.75) is 40.0 Å². The van der Waals surface area contributed by atoms with E-state index in [2.05, 4.69) is 43.6 Å². The molecule has 0 radical (unpaired) electrons. The first-order valence-electron chi connectivity index (χ1n) is 7.74. The van der Waals surface area contributed by atoms with E-state index < -0.39 is 0 Å². The van der Waals surface area contributed by atoms with Gasteiger partial charge in [-0.05, 0) is 54.2 Å². The zero-order chi connectivity index (χ0) is 16.1. The van der Waals surface area contributed by atoms with Crippen molar-refractivity contribution in [3.8, 4) is 0 Å². The molecule has 1 aromatic heterocycles. The number of nitrogens with zero attached hydrogens (tertiary/aromatic N) is 1. The first-order chi connectivity index (χ1) is 10.5. The first-order valence-corrected chi connectivity index (χ1v) is 8.68. The van der Waals surface area contributed by atoms with Gasteiger partial charge in [0.1, 0.15) is 0 Å². The molecule has 0 unspecified atom stereocenters. The van der Waals surface area contributed by atoms with Crippen LogP contribution in [0.1, 0.15) is 50.3 Å². The molecule has 0 aliphatic heterocycles. The van der Waals surface area contributed by atoms with Gasteiger partial charge in [-0.15, -0.1) is 11.3 Å². The topological polar surface area (TPSA) is 38.4 Å². The highest BCUT2D eigenvalue weighted by Crippen LogP contribution is 2.28. The normalized spacial score (nSPS) is 11.7. The predicted molar refractivity (Wildman–Crippen MR) is 100 cm³/mol. The molecule has 2 rings (SSSR count). The van der Waals surface area contributed by atoms with Crippen LogP contribution in [0.15, 0.2) is 40.5 Å². The molecule has 0 aliphatic carbocycles. The largest absolute Gasteiger partial charge is 0.396 e. The summed E-state index contributed by atoms with van der Waals surface area (Å²) in [7, 11) is 0. The lowest BCUT2D eigenvalue weighted by molar-refractivity contribution is 0.974. The molecule has 1 aromatic carbocycles. The smallest absolute Gasteiger partial charge is 0.0969 e. The fourth-order valence-corrected chi connectivity index (χ4v) is 3.04. The lowest BCUT2D eigenvalue weighted by atomic mass is 9.96. The zero-order valence-corrected chi connectivity index (χ0v) is 14.5. The number of nitrogens with two attached hydrogens (primary N) is 1. The fraction of sp³-hybridized carbons (Fsp3) is 0.316. The summed E-state index contributed by atoms with van der Waals surface area (Å²) in [6, 6.07) is 6.65. The van der Waals surface area contributed by atoms with Gasteiger partial charge in [0.15, 0.2) is 0 Å². The highest BCUT2D eigenvalue weighted by molar-refractivity contribution is 7.08. The van der Waals surface area contributed by atoms with E-state index in [-0.39, 0.29) is 0 Å². The number of hydrogen-bond acceptors (Lipinski definition) is 3. The van der Waals surface area contributed by atoms with E-state index in [1.54, 1.807) is 11.3 Å². The van der Waals surface area contributed by atoms with Gasteiger partial charge in [0, 0.05) is 16.5 Å². The first kappa shape index (κ1) is 16.5. The second-order valence-corrected chi connectivity index (χ2v) is 6.28. The molecule has 2 aromatic rings. The number of nitrogen functional groups attached to an aromatic ring is 1. The Hall–Kier alpha value is -1.87. The van der Waals surface area contributed by atoms with Crippen molar-refractivity contribution in [1.29, 1.82) is 0 Å². The summed E-state index contributed by atoms with van der Waals surface area (Å²) in [4.78, 5) is 4.68. The molecule has 2 nitrogen and oxygen atoms in total. The third-order valence-corrected chi connectivity index (χ3v) is 4.49. The minimum absolute atomic E-state index is 0.742. The molecule has 0 aliphatic rings. The molecule has 0 bridgehead atoms. The van der Waals surface area contributed by atoms with Crippen LogP contribution in [0.3, 0.4) is 0 Å². The standard InChI is InChI=1S/C19H24N2S/c1-5-7-13(3)16-8-15(6-2)9-17(10-16)14(4)21-19-12-22-11-18(19)20/h8-12H,3,5-7,20H2,1-2,4H3/b21-14+. The summed E-state index contributed by atoms with van der Waals surface area (Å²) >= 11 is 1.58. The Morgan fingerprint density at radius 3 is 2.50 bits per heavy atom. The molecule has 0 saturated heterocycles. The van der Waals surface area contributed by atoms with Crippen LogP contribution < -0.4 is 5.73 Å². The molecule has 22 heavy (non-hydrogen) atoms. The van der Waals surface area contributed by atoms with Crippen molar-refractivity contribution < 1.29 is 0 Å². The van der Waals surface area contributed by atoms with Crippen molar-refractivity contribution >= 4 is 34.0 Å². The van der Waals surface area contributed by atoms with E-state index in [0.717, 1.165) is 41.9 Å². The van der Waals surface area contributed by atoms with Crippen LogP contribution in [0.25, 0.3) is 5.57 Å². The molecule has 0 spiro atoms. The van der Waals surface area contributed by atoms with E-state index in [4.69, 9.17) is 5.73 Å². The Bertz CT molecular complexity index is 695. The van der Waals surface area contributed by atoms with Crippen LogP contribution in [0.5, 0.6) is 0 Å². The van der Waals surface area contributed by atoms with E-state index in [1.165, 1.54) is 16.7 Å². The molecule has 0 atom stereocenters. The maximum Gasteiger partial charge on any atom is 0.0969 e. The Balaban J connectivity index is 2.41. The highest BCUT2D eigenvalue weighted by Gasteiger charge is 2.07. The number of thiophene rings is 1. The van der Waals surface area contributed by atoms with Crippen LogP contribution in [0.4, 0.5) is 11.4 Å². The van der Waals surface area contributed by atoms with Crippen molar-refractivity contribution in [2.24, 2.45) is 4.99 Å². The zero-order valence-electron chi connectivity index (χ0n) is 13.6. The average molecular weight is 312 g/mol. The van der Waals surface area contributed by atoms with E-state index in [0.29, 0.717) is 0 Å². The van der Waals surface area contributed by atoms with Crippen molar-refractivity contribution in [3.63, 3.8) is 0 Å². The quantitative estimate of drug-likeness (QED) is 0.668. The summed E-state index contributed by atoms with van der Waals surface area (Å²) in [5.74, 6) is 0. The van der Waals surface area contributed by atoms with Crippen molar-refractivity contribution in [1.82, 2.24) is 0 Å². The minimum Gasteiger partial charge on any atom is -0.396 e. The number of aliphatic imine (C=N–C) groups is 1. The number of benzene rings is 1. The van der Waals surface area contributed by atoms with Crippen LogP contribution in [0, 0.1) is 0 Å². The summed E-state index contributed by atoms with van der Waals surface area (Å²) < 4.78 is 0. The molecule has 0 fully saturated rings. The van der Waals surface area contributed by atoms with E-state index >= 15 is 0 Å². The monoisotopic (exact) mass is 312 g/mol. The third kappa shape index (κ3) is 3.86. The summed E-state index contributed by atoms with van der Waals surface area (Å²) in [6.45, 7) is 10.6.